The van der Waals surface area contributed by atoms with E-state index in [1.54, 1.807) is 17.9 Å². The largest absolute Gasteiger partial charge is 0.469 e. The van der Waals surface area contributed by atoms with E-state index < -0.39 is 6.04 Å². The average Bonchev–Trinajstić information content (AvgIpc) is 2.91. The van der Waals surface area contributed by atoms with E-state index in [0.29, 0.717) is 30.8 Å². The molecule has 1 fully saturated rings. The molecule has 5 nitrogen and oxygen atoms in total. The Bertz CT molecular complexity index is 693. The lowest BCUT2D eigenvalue weighted by molar-refractivity contribution is -0.124. The number of hydrogen-bond acceptors (Lipinski definition) is 3. The van der Waals surface area contributed by atoms with Crippen molar-refractivity contribution in [1.29, 1.82) is 0 Å². The predicted molar refractivity (Wildman–Crippen MR) is 86.0 cm³/mol. The highest BCUT2D eigenvalue weighted by atomic mass is 16.3. The zero-order valence-electron chi connectivity index (χ0n) is 13.1. The summed E-state index contributed by atoms with van der Waals surface area (Å²) in [6, 6.07) is 11.0. The summed E-state index contributed by atoms with van der Waals surface area (Å²) in [5.74, 6) is 0.437. The van der Waals surface area contributed by atoms with Gasteiger partial charge in [0.1, 0.15) is 18.1 Å². The van der Waals surface area contributed by atoms with Crippen molar-refractivity contribution in [1.82, 2.24) is 10.2 Å². The van der Waals surface area contributed by atoms with Gasteiger partial charge in [-0.25, -0.2) is 0 Å². The fourth-order valence-electron chi connectivity index (χ4n) is 2.88. The normalized spacial score (nSPS) is 18.4. The molecule has 0 saturated carbocycles. The maximum atomic E-state index is 12.8. The summed E-state index contributed by atoms with van der Waals surface area (Å²) in [4.78, 5) is 26.9. The molecule has 0 radical (unpaired) electrons. The number of rotatable bonds is 3. The number of benzene rings is 1. The van der Waals surface area contributed by atoms with Gasteiger partial charge in [-0.2, -0.15) is 0 Å². The second kappa shape index (κ2) is 6.69. The minimum absolute atomic E-state index is 0.0973. The number of hydrogen-bond donors (Lipinski definition) is 1. The Kier molecular flexibility index (Phi) is 4.46. The molecule has 0 aliphatic carbocycles. The molecule has 0 bridgehead atoms. The van der Waals surface area contributed by atoms with Crippen molar-refractivity contribution in [2.45, 2.75) is 25.8 Å². The van der Waals surface area contributed by atoms with Crippen LogP contribution in [0.5, 0.6) is 0 Å². The Balaban J connectivity index is 1.87. The monoisotopic (exact) mass is 312 g/mol. The number of aryl methyl sites for hydroxylation is 1. The average molecular weight is 312 g/mol. The van der Waals surface area contributed by atoms with Gasteiger partial charge in [0.25, 0.3) is 5.91 Å². The minimum Gasteiger partial charge on any atom is -0.469 e. The second-order valence-corrected chi connectivity index (χ2v) is 5.79. The maximum absolute atomic E-state index is 12.8. The first kappa shape index (κ1) is 15.3. The van der Waals surface area contributed by atoms with Crippen LogP contribution in [0.3, 0.4) is 0 Å². The lowest BCUT2D eigenvalue weighted by Gasteiger charge is -2.28. The fourth-order valence-corrected chi connectivity index (χ4v) is 2.88. The molecule has 1 unspecified atom stereocenters. The molecule has 2 aromatic rings. The van der Waals surface area contributed by atoms with E-state index in [1.807, 2.05) is 30.3 Å². The van der Waals surface area contributed by atoms with Crippen LogP contribution in [-0.2, 0) is 11.2 Å². The molecule has 5 heteroatoms. The molecule has 1 N–H and O–H groups in total. The SMILES string of the molecule is Cc1cc(C(=O)N2CCCNC(=O)C2Cc2ccccc2)co1. The van der Waals surface area contributed by atoms with E-state index >= 15 is 0 Å². The quantitative estimate of drug-likeness (QED) is 0.944. The summed E-state index contributed by atoms with van der Waals surface area (Å²) in [7, 11) is 0. The highest BCUT2D eigenvalue weighted by Crippen LogP contribution is 2.17. The third kappa shape index (κ3) is 3.44. The molecule has 120 valence electrons. The number of carbonyl (C=O) groups is 2. The van der Waals surface area contributed by atoms with Crippen LogP contribution in [0.15, 0.2) is 47.1 Å². The predicted octanol–water partition coefficient (Wildman–Crippen LogP) is 2.16. The third-order valence-corrected chi connectivity index (χ3v) is 4.06. The van der Waals surface area contributed by atoms with E-state index in [4.69, 9.17) is 4.42 Å². The summed E-state index contributed by atoms with van der Waals surface area (Å²) in [5.41, 5.74) is 1.53. The Hall–Kier alpha value is -2.56. The summed E-state index contributed by atoms with van der Waals surface area (Å²) in [5, 5.41) is 2.90. The molecular formula is C18H20N2O3. The van der Waals surface area contributed by atoms with Gasteiger partial charge in [0, 0.05) is 19.5 Å². The molecule has 1 aromatic carbocycles. The van der Waals surface area contributed by atoms with Crippen LogP contribution in [0.25, 0.3) is 0 Å². The van der Waals surface area contributed by atoms with Gasteiger partial charge in [0.2, 0.25) is 5.91 Å². The minimum atomic E-state index is -0.498. The van der Waals surface area contributed by atoms with Crippen LogP contribution < -0.4 is 5.32 Å². The van der Waals surface area contributed by atoms with Crippen molar-refractivity contribution < 1.29 is 14.0 Å². The van der Waals surface area contributed by atoms with E-state index in [0.717, 1.165) is 12.0 Å². The third-order valence-electron chi connectivity index (χ3n) is 4.06. The number of carbonyl (C=O) groups excluding carboxylic acids is 2. The molecule has 1 aromatic heterocycles. The van der Waals surface area contributed by atoms with Crippen molar-refractivity contribution in [3.05, 3.63) is 59.5 Å². The van der Waals surface area contributed by atoms with E-state index in [9.17, 15) is 9.59 Å². The van der Waals surface area contributed by atoms with Crippen LogP contribution in [-0.4, -0.2) is 35.8 Å². The Morgan fingerprint density at radius 1 is 1.35 bits per heavy atom. The highest BCUT2D eigenvalue weighted by molar-refractivity contribution is 5.97. The van der Waals surface area contributed by atoms with Crippen molar-refractivity contribution in [3.63, 3.8) is 0 Å². The van der Waals surface area contributed by atoms with E-state index in [-0.39, 0.29) is 11.8 Å². The standard InChI is InChI=1S/C18H20N2O3/c1-13-10-15(12-23-13)18(22)20-9-5-8-19-17(21)16(20)11-14-6-3-2-4-7-14/h2-4,6-7,10,12,16H,5,8-9,11H2,1H3,(H,19,21). The first-order chi connectivity index (χ1) is 11.1. The van der Waals surface area contributed by atoms with Crippen LogP contribution in [0.4, 0.5) is 0 Å². The molecule has 1 aliphatic rings. The molecule has 1 atom stereocenters. The van der Waals surface area contributed by atoms with Crippen molar-refractivity contribution in [2.24, 2.45) is 0 Å². The lowest BCUT2D eigenvalue weighted by Crippen LogP contribution is -2.48. The number of nitrogens with zero attached hydrogens (tertiary/aromatic N) is 1. The van der Waals surface area contributed by atoms with Crippen LogP contribution >= 0.6 is 0 Å². The van der Waals surface area contributed by atoms with E-state index in [2.05, 4.69) is 5.32 Å². The van der Waals surface area contributed by atoms with Gasteiger partial charge in [-0.1, -0.05) is 30.3 Å². The number of amides is 2. The summed E-state index contributed by atoms with van der Waals surface area (Å²) in [6.45, 7) is 2.95. The summed E-state index contributed by atoms with van der Waals surface area (Å²) in [6.07, 6.45) is 2.72. The first-order valence-electron chi connectivity index (χ1n) is 7.83. The van der Waals surface area contributed by atoms with Gasteiger partial charge in [0.15, 0.2) is 0 Å². The molecule has 2 amide bonds. The van der Waals surface area contributed by atoms with Crippen molar-refractivity contribution in [3.8, 4) is 0 Å². The van der Waals surface area contributed by atoms with Crippen molar-refractivity contribution >= 4 is 11.8 Å². The summed E-state index contributed by atoms with van der Waals surface area (Å²) < 4.78 is 5.24. The van der Waals surface area contributed by atoms with Gasteiger partial charge >= 0.3 is 0 Å². The van der Waals surface area contributed by atoms with Gasteiger partial charge < -0.3 is 14.6 Å². The van der Waals surface area contributed by atoms with Gasteiger partial charge in [-0.3, -0.25) is 9.59 Å². The molecule has 0 spiro atoms. The molecule has 3 rings (SSSR count). The zero-order chi connectivity index (χ0) is 16.2. The fraction of sp³-hybridized carbons (Fsp3) is 0.333. The molecular weight excluding hydrogens is 292 g/mol. The van der Waals surface area contributed by atoms with Gasteiger partial charge in [0.05, 0.1) is 5.56 Å². The van der Waals surface area contributed by atoms with Crippen LogP contribution in [0.2, 0.25) is 0 Å². The zero-order valence-corrected chi connectivity index (χ0v) is 13.1. The van der Waals surface area contributed by atoms with Crippen LogP contribution in [0, 0.1) is 6.92 Å². The van der Waals surface area contributed by atoms with Gasteiger partial charge in [-0.05, 0) is 25.0 Å². The lowest BCUT2D eigenvalue weighted by atomic mass is 10.0. The Labute approximate surface area is 135 Å². The number of nitrogens with one attached hydrogen (secondary N) is 1. The first-order valence-corrected chi connectivity index (χ1v) is 7.83. The maximum Gasteiger partial charge on any atom is 0.257 e. The van der Waals surface area contributed by atoms with Gasteiger partial charge in [-0.15, -0.1) is 0 Å². The van der Waals surface area contributed by atoms with Crippen LogP contribution in [0.1, 0.15) is 28.1 Å². The molecule has 2 heterocycles. The summed E-state index contributed by atoms with van der Waals surface area (Å²) >= 11 is 0. The van der Waals surface area contributed by atoms with Crippen molar-refractivity contribution in [2.75, 3.05) is 13.1 Å². The molecule has 23 heavy (non-hydrogen) atoms. The number of furan rings is 1. The smallest absolute Gasteiger partial charge is 0.257 e. The highest BCUT2D eigenvalue weighted by Gasteiger charge is 2.32. The molecule has 1 aliphatic heterocycles. The Morgan fingerprint density at radius 2 is 2.13 bits per heavy atom. The van der Waals surface area contributed by atoms with E-state index in [1.165, 1.54) is 6.26 Å². The topological polar surface area (TPSA) is 62.6 Å². The second-order valence-electron chi connectivity index (χ2n) is 5.79. The Morgan fingerprint density at radius 3 is 2.83 bits per heavy atom. The molecule has 1 saturated heterocycles.